The largest absolute Gasteiger partial charge is 0.349 e. The third-order valence-corrected chi connectivity index (χ3v) is 11.1. The molecule has 0 saturated carbocycles. The lowest BCUT2D eigenvalue weighted by molar-refractivity contribution is 0.261. The van der Waals surface area contributed by atoms with Crippen LogP contribution >= 0.6 is 39.3 Å². The summed E-state index contributed by atoms with van der Waals surface area (Å²) in [6.45, 7) is 9.31. The van der Waals surface area contributed by atoms with Crippen molar-refractivity contribution >= 4 is 61.2 Å². The van der Waals surface area contributed by atoms with Crippen LogP contribution in [0.1, 0.15) is 59.3 Å². The number of amides is 1. The van der Waals surface area contributed by atoms with Gasteiger partial charge in [-0.25, -0.2) is 0 Å². The quantitative estimate of drug-likeness (QED) is 0.126. The summed E-state index contributed by atoms with van der Waals surface area (Å²) >= 11 is 7.39. The van der Waals surface area contributed by atoms with E-state index in [4.69, 9.17) is 11.6 Å². The van der Waals surface area contributed by atoms with Crippen LogP contribution in [0.5, 0.6) is 0 Å². The third kappa shape index (κ3) is 10.3. The molecule has 1 heterocycles. The van der Waals surface area contributed by atoms with Gasteiger partial charge in [-0.3, -0.25) is 19.2 Å². The molecule has 0 spiro atoms. The van der Waals surface area contributed by atoms with Crippen LogP contribution in [0.25, 0.3) is 10.9 Å². The number of pyridine rings is 1. The number of benzene rings is 1. The molecular weight excluding hydrogens is 568 g/mol. The van der Waals surface area contributed by atoms with Crippen LogP contribution in [0, 0.1) is 0 Å². The number of carbonyl (C=O) groups excluding carboxylic acids is 1. The highest BCUT2D eigenvalue weighted by Gasteiger charge is 2.34. The monoisotopic (exact) mass is 607 g/mol. The molecule has 2 aromatic rings. The minimum Gasteiger partial charge on any atom is -0.349 e. The summed E-state index contributed by atoms with van der Waals surface area (Å²) in [6.07, 6.45) is 5.25. The molecule has 0 aliphatic rings. The van der Waals surface area contributed by atoms with Crippen molar-refractivity contribution in [1.29, 1.82) is 0 Å². The van der Waals surface area contributed by atoms with E-state index in [-0.39, 0.29) is 17.7 Å². The van der Waals surface area contributed by atoms with E-state index >= 15 is 0 Å². The van der Waals surface area contributed by atoms with Gasteiger partial charge in [-0.15, -0.1) is 0 Å². The summed E-state index contributed by atoms with van der Waals surface area (Å²) in [6, 6.07) is 7.30. The van der Waals surface area contributed by atoms with Gasteiger partial charge in [0.2, 0.25) is 0 Å². The van der Waals surface area contributed by atoms with Crippen LogP contribution in [0.15, 0.2) is 30.5 Å². The van der Waals surface area contributed by atoms with E-state index in [9.17, 15) is 28.9 Å². The number of fused-ring (bicyclic) bond motifs is 1. The zero-order valence-electron chi connectivity index (χ0n) is 22.2. The van der Waals surface area contributed by atoms with E-state index in [0.717, 1.165) is 49.1 Å². The molecule has 0 saturated heterocycles. The van der Waals surface area contributed by atoms with Crippen molar-refractivity contribution < 1.29 is 28.9 Å². The fourth-order valence-electron chi connectivity index (χ4n) is 4.36. The fraction of sp³-hybridized carbons (Fsp3) is 0.600. The summed E-state index contributed by atoms with van der Waals surface area (Å²) in [4.78, 5) is 59.4. The highest BCUT2D eigenvalue weighted by atomic mass is 35.5. The Morgan fingerprint density at radius 2 is 1.82 bits per heavy atom. The second-order valence-corrected chi connectivity index (χ2v) is 14.2. The van der Waals surface area contributed by atoms with Gasteiger partial charge in [0.1, 0.15) is 5.40 Å². The molecule has 0 aliphatic heterocycles. The van der Waals surface area contributed by atoms with Crippen molar-refractivity contribution in [3.63, 3.8) is 0 Å². The Morgan fingerprint density at radius 1 is 1.11 bits per heavy atom. The number of rotatable bonds is 16. The Hall–Kier alpha value is -0.800. The topological polar surface area (TPSA) is 134 Å². The average molecular weight is 608 g/mol. The summed E-state index contributed by atoms with van der Waals surface area (Å²) in [7, 11) is -7.26. The zero-order chi connectivity index (χ0) is 28.3. The predicted molar refractivity (Wildman–Crippen MR) is 159 cm³/mol. The van der Waals surface area contributed by atoms with Gasteiger partial charge in [0.15, 0.2) is 8.38 Å². The Bertz CT molecular complexity index is 1070. The summed E-state index contributed by atoms with van der Waals surface area (Å²) in [5, 5.41) is -0.0508. The third-order valence-electron chi connectivity index (χ3n) is 6.56. The van der Waals surface area contributed by atoms with Crippen LogP contribution in [0.2, 0.25) is 5.02 Å². The van der Waals surface area contributed by atoms with Crippen LogP contribution < -0.4 is 4.90 Å². The van der Waals surface area contributed by atoms with E-state index in [1.54, 1.807) is 18.3 Å². The molecule has 9 nitrogen and oxygen atoms in total. The van der Waals surface area contributed by atoms with Gasteiger partial charge in [0, 0.05) is 28.4 Å². The fourth-order valence-corrected chi connectivity index (χ4v) is 7.48. The molecule has 4 N–H and O–H groups in total. The first-order chi connectivity index (χ1) is 18.0. The van der Waals surface area contributed by atoms with E-state index in [0.29, 0.717) is 30.0 Å². The van der Waals surface area contributed by atoms with Gasteiger partial charge < -0.3 is 24.5 Å². The highest BCUT2D eigenvalue weighted by Crippen LogP contribution is 2.57. The molecular formula is C25H40ClN3O6P2S. The first kappa shape index (κ1) is 33.4. The second-order valence-electron chi connectivity index (χ2n) is 9.23. The van der Waals surface area contributed by atoms with Crippen molar-refractivity contribution in [2.75, 3.05) is 30.3 Å². The average Bonchev–Trinajstić information content (AvgIpc) is 2.85. The first-order valence-electron chi connectivity index (χ1n) is 12.9. The number of unbranched alkanes of at least 4 members (excludes halogenated alkanes) is 2. The standard InChI is InChI=1S/C25H40ClN3O6P2S/c1-4-28(5-2)16-9-10-19(3)29(23-14-15-27-22-18-20(26)12-13-21(22)23)25(30)38-17-8-6-7-11-24(36(31)32)37(33,34)35/h12-15,18-19,24,31-32H,4-11,16-17H2,1-3H3,(H2,33,34,35). The summed E-state index contributed by atoms with van der Waals surface area (Å²) in [5.41, 5.74) is 1.52. The minimum absolute atomic E-state index is 0.0306. The van der Waals surface area contributed by atoms with Gasteiger partial charge in [-0.2, -0.15) is 0 Å². The van der Waals surface area contributed by atoms with Gasteiger partial charge in [-0.1, -0.05) is 50.1 Å². The number of anilines is 1. The van der Waals surface area contributed by atoms with E-state index < -0.39 is 21.4 Å². The van der Waals surface area contributed by atoms with Crippen molar-refractivity contribution in [2.45, 2.75) is 70.7 Å². The van der Waals surface area contributed by atoms with Gasteiger partial charge in [0.25, 0.3) is 5.24 Å². The van der Waals surface area contributed by atoms with E-state index in [2.05, 4.69) is 30.7 Å². The maximum absolute atomic E-state index is 13.5. The molecule has 38 heavy (non-hydrogen) atoms. The van der Waals surface area contributed by atoms with Crippen LogP contribution in [0.4, 0.5) is 10.5 Å². The summed E-state index contributed by atoms with van der Waals surface area (Å²) in [5.74, 6) is 0.546. The van der Waals surface area contributed by atoms with Crippen molar-refractivity contribution in [1.82, 2.24) is 9.88 Å². The van der Waals surface area contributed by atoms with Gasteiger partial charge in [0.05, 0.1) is 11.2 Å². The van der Waals surface area contributed by atoms with Crippen molar-refractivity contribution in [3.8, 4) is 0 Å². The molecule has 2 atom stereocenters. The normalized spacial score (nSPS) is 13.8. The van der Waals surface area contributed by atoms with Gasteiger partial charge >= 0.3 is 7.60 Å². The number of hydrogen-bond acceptors (Lipinski definition) is 7. The Balaban J connectivity index is 2.07. The molecule has 1 amide bonds. The zero-order valence-corrected chi connectivity index (χ0v) is 25.6. The highest BCUT2D eigenvalue weighted by molar-refractivity contribution is 8.13. The molecule has 0 bridgehead atoms. The van der Waals surface area contributed by atoms with Crippen LogP contribution in [0.3, 0.4) is 0 Å². The molecule has 214 valence electrons. The van der Waals surface area contributed by atoms with Gasteiger partial charge in [-0.05, 0) is 76.5 Å². The number of carbonyl (C=O) groups is 1. The number of hydrogen-bond donors (Lipinski definition) is 4. The van der Waals surface area contributed by atoms with Crippen molar-refractivity contribution in [3.05, 3.63) is 35.5 Å². The van der Waals surface area contributed by atoms with Crippen molar-refractivity contribution in [2.24, 2.45) is 0 Å². The number of nitrogens with zero attached hydrogens (tertiary/aromatic N) is 3. The molecule has 0 radical (unpaired) electrons. The molecule has 0 aliphatic carbocycles. The molecule has 2 rings (SSSR count). The second kappa shape index (κ2) is 16.5. The Labute approximate surface area is 236 Å². The van der Waals surface area contributed by atoms with Crippen LogP contribution in [-0.4, -0.2) is 71.5 Å². The minimum atomic E-state index is -4.56. The maximum Gasteiger partial charge on any atom is 0.337 e. The lowest BCUT2D eigenvalue weighted by atomic mass is 10.1. The number of halogens is 1. The lowest BCUT2D eigenvalue weighted by Gasteiger charge is -2.30. The smallest absolute Gasteiger partial charge is 0.337 e. The number of thioether (sulfide) groups is 1. The molecule has 2 unspecified atom stereocenters. The molecule has 0 fully saturated rings. The number of aromatic nitrogens is 1. The lowest BCUT2D eigenvalue weighted by Crippen LogP contribution is -2.37. The maximum atomic E-state index is 13.5. The first-order valence-corrected chi connectivity index (χ1v) is 17.3. The Morgan fingerprint density at radius 3 is 2.45 bits per heavy atom. The molecule has 1 aromatic heterocycles. The Kier molecular flexibility index (Phi) is 14.5. The summed E-state index contributed by atoms with van der Waals surface area (Å²) < 4.78 is 11.4. The van der Waals surface area contributed by atoms with E-state index in [1.807, 2.05) is 17.0 Å². The van der Waals surface area contributed by atoms with Crippen LogP contribution in [-0.2, 0) is 4.57 Å². The molecule has 1 aromatic carbocycles. The molecule has 13 heteroatoms. The predicted octanol–water partition coefficient (Wildman–Crippen LogP) is 6.42. The SMILES string of the molecule is CCN(CC)CCCC(C)N(C(=O)SCCCCCC(P(O)O)P(=O)(O)O)c1ccnc2cc(Cl)ccc12. The van der Waals surface area contributed by atoms with E-state index in [1.165, 1.54) is 11.8 Å².